The average molecular weight is 359 g/mol. The van der Waals surface area contributed by atoms with Crippen molar-refractivity contribution in [2.24, 2.45) is 0 Å². The van der Waals surface area contributed by atoms with Gasteiger partial charge in [0.1, 0.15) is 0 Å². The molecule has 122 valence electrons. The Kier molecular flexibility index (Phi) is 6.67. The van der Waals surface area contributed by atoms with Gasteiger partial charge < -0.3 is 4.90 Å². The SMILES string of the molecule is N#CCCN(Cc1cccnc1)C(=S)NC(=O)c1cccc(Cl)c1. The molecule has 0 aliphatic heterocycles. The molecule has 0 saturated carbocycles. The molecule has 7 heteroatoms. The molecule has 1 amide bonds. The Hall–Kier alpha value is -2.49. The van der Waals surface area contributed by atoms with E-state index in [1.54, 1.807) is 41.6 Å². The van der Waals surface area contributed by atoms with Crippen LogP contribution >= 0.6 is 23.8 Å². The Morgan fingerprint density at radius 3 is 2.88 bits per heavy atom. The van der Waals surface area contributed by atoms with Crippen molar-refractivity contribution < 1.29 is 4.79 Å². The largest absolute Gasteiger partial charge is 0.344 e. The summed E-state index contributed by atoms with van der Waals surface area (Å²) >= 11 is 11.2. The molecule has 1 aromatic heterocycles. The van der Waals surface area contributed by atoms with Crippen molar-refractivity contribution in [3.05, 3.63) is 64.9 Å². The number of halogens is 1. The highest BCUT2D eigenvalue weighted by atomic mass is 35.5. The molecule has 1 heterocycles. The highest BCUT2D eigenvalue weighted by Crippen LogP contribution is 2.11. The van der Waals surface area contributed by atoms with Gasteiger partial charge in [-0.05, 0) is 42.0 Å². The molecule has 0 bridgehead atoms. The van der Waals surface area contributed by atoms with Crippen molar-refractivity contribution in [3.63, 3.8) is 0 Å². The topological polar surface area (TPSA) is 69.0 Å². The van der Waals surface area contributed by atoms with Crippen molar-refractivity contribution in [2.75, 3.05) is 6.54 Å². The first-order chi connectivity index (χ1) is 11.6. The van der Waals surface area contributed by atoms with Gasteiger partial charge in [-0.1, -0.05) is 23.7 Å². The molecule has 0 saturated heterocycles. The number of nitrogens with one attached hydrogen (secondary N) is 1. The van der Waals surface area contributed by atoms with Gasteiger partial charge in [-0.3, -0.25) is 15.1 Å². The number of aromatic nitrogens is 1. The second-order valence-corrected chi connectivity index (χ2v) is 5.78. The molecule has 0 fully saturated rings. The van der Waals surface area contributed by atoms with Gasteiger partial charge >= 0.3 is 0 Å². The van der Waals surface area contributed by atoms with E-state index >= 15 is 0 Å². The zero-order valence-corrected chi connectivity index (χ0v) is 14.3. The van der Waals surface area contributed by atoms with E-state index in [0.717, 1.165) is 5.56 Å². The monoisotopic (exact) mass is 358 g/mol. The quantitative estimate of drug-likeness (QED) is 0.831. The molecular formula is C17H15ClN4OS. The first-order valence-corrected chi connectivity index (χ1v) is 8.00. The highest BCUT2D eigenvalue weighted by molar-refractivity contribution is 7.80. The van der Waals surface area contributed by atoms with E-state index in [0.29, 0.717) is 30.1 Å². The summed E-state index contributed by atoms with van der Waals surface area (Å²) in [6.45, 7) is 0.879. The maximum atomic E-state index is 12.3. The molecule has 0 unspecified atom stereocenters. The van der Waals surface area contributed by atoms with E-state index < -0.39 is 0 Å². The fourth-order valence-corrected chi connectivity index (χ4v) is 2.47. The summed E-state index contributed by atoms with van der Waals surface area (Å²) in [7, 11) is 0. The van der Waals surface area contributed by atoms with Crippen molar-refractivity contribution in [2.45, 2.75) is 13.0 Å². The molecule has 1 aromatic carbocycles. The molecule has 1 N–H and O–H groups in total. The van der Waals surface area contributed by atoms with E-state index in [9.17, 15) is 4.79 Å². The number of carbonyl (C=O) groups excluding carboxylic acids is 1. The van der Waals surface area contributed by atoms with Gasteiger partial charge in [0, 0.05) is 36.1 Å². The molecule has 0 radical (unpaired) electrons. The Balaban J connectivity index is 2.06. The number of nitrogens with zero attached hydrogens (tertiary/aromatic N) is 3. The lowest BCUT2D eigenvalue weighted by Crippen LogP contribution is -2.42. The minimum Gasteiger partial charge on any atom is -0.344 e. The molecule has 0 aliphatic rings. The molecule has 0 atom stereocenters. The molecule has 2 aromatic rings. The smallest absolute Gasteiger partial charge is 0.257 e. The Bertz CT molecular complexity index is 761. The normalized spacial score (nSPS) is 9.83. The van der Waals surface area contributed by atoms with Crippen molar-refractivity contribution in [1.82, 2.24) is 15.2 Å². The van der Waals surface area contributed by atoms with E-state index in [2.05, 4.69) is 16.4 Å². The van der Waals surface area contributed by atoms with Crippen LogP contribution in [0.5, 0.6) is 0 Å². The van der Waals surface area contributed by atoms with Crippen LogP contribution in [0, 0.1) is 11.3 Å². The summed E-state index contributed by atoms with van der Waals surface area (Å²) in [4.78, 5) is 18.1. The molecule has 0 spiro atoms. The molecular weight excluding hydrogens is 344 g/mol. The Morgan fingerprint density at radius 1 is 1.38 bits per heavy atom. The standard InChI is InChI=1S/C17H15ClN4OS/c18-15-6-1-5-14(10-15)16(23)21-17(24)22(9-3-7-19)12-13-4-2-8-20-11-13/h1-2,4-6,8,10-11H,3,9,12H2,(H,21,23,24). The van der Waals surface area contributed by atoms with Crippen LogP contribution in [0.4, 0.5) is 0 Å². The van der Waals surface area contributed by atoms with E-state index in [1.165, 1.54) is 0 Å². The van der Waals surface area contributed by atoms with Crippen LogP contribution in [0.1, 0.15) is 22.3 Å². The van der Waals surface area contributed by atoms with Gasteiger partial charge in [-0.2, -0.15) is 5.26 Å². The summed E-state index contributed by atoms with van der Waals surface area (Å²) < 4.78 is 0. The minimum absolute atomic E-state index is 0.263. The van der Waals surface area contributed by atoms with Gasteiger partial charge in [0.15, 0.2) is 5.11 Å². The van der Waals surface area contributed by atoms with Crippen LogP contribution in [0.2, 0.25) is 5.02 Å². The van der Waals surface area contributed by atoms with Gasteiger partial charge in [-0.15, -0.1) is 0 Å². The number of pyridine rings is 1. The van der Waals surface area contributed by atoms with Gasteiger partial charge in [0.2, 0.25) is 0 Å². The number of nitriles is 1. The maximum Gasteiger partial charge on any atom is 0.257 e. The number of hydrogen-bond donors (Lipinski definition) is 1. The van der Waals surface area contributed by atoms with Gasteiger partial charge in [0.05, 0.1) is 12.5 Å². The Morgan fingerprint density at radius 2 is 2.21 bits per heavy atom. The fraction of sp³-hybridized carbons (Fsp3) is 0.176. The zero-order chi connectivity index (χ0) is 17.4. The predicted octanol–water partition coefficient (Wildman–Crippen LogP) is 3.17. The number of amides is 1. The number of benzene rings is 1. The summed E-state index contributed by atoms with van der Waals surface area (Å²) in [6.07, 6.45) is 3.70. The maximum absolute atomic E-state index is 12.3. The third-order valence-corrected chi connectivity index (χ3v) is 3.78. The van der Waals surface area contributed by atoms with E-state index in [4.69, 9.17) is 29.1 Å². The summed E-state index contributed by atoms with van der Waals surface area (Å²) in [5.41, 5.74) is 1.36. The molecule has 24 heavy (non-hydrogen) atoms. The molecule has 2 rings (SSSR count). The third-order valence-electron chi connectivity index (χ3n) is 3.18. The summed E-state index contributed by atoms with van der Waals surface area (Å²) in [5.74, 6) is -0.337. The van der Waals surface area contributed by atoms with Gasteiger partial charge in [-0.25, -0.2) is 0 Å². The number of thiocarbonyl (C=S) groups is 1. The van der Waals surface area contributed by atoms with Crippen LogP contribution in [0.15, 0.2) is 48.8 Å². The molecule has 0 aliphatic carbocycles. The second-order valence-electron chi connectivity index (χ2n) is 4.96. The van der Waals surface area contributed by atoms with Crippen molar-refractivity contribution in [3.8, 4) is 6.07 Å². The lowest BCUT2D eigenvalue weighted by molar-refractivity contribution is 0.0973. The van der Waals surface area contributed by atoms with E-state index in [1.807, 2.05) is 12.1 Å². The van der Waals surface area contributed by atoms with Crippen LogP contribution < -0.4 is 5.32 Å². The Labute approximate surface area is 150 Å². The minimum atomic E-state index is -0.337. The van der Waals surface area contributed by atoms with Crippen molar-refractivity contribution in [1.29, 1.82) is 5.26 Å². The number of hydrogen-bond acceptors (Lipinski definition) is 4. The van der Waals surface area contributed by atoms with Crippen LogP contribution in [-0.2, 0) is 6.54 Å². The first kappa shape index (κ1) is 17.9. The summed E-state index contributed by atoms with van der Waals surface area (Å²) in [6, 6.07) is 12.4. The first-order valence-electron chi connectivity index (χ1n) is 7.22. The lowest BCUT2D eigenvalue weighted by atomic mass is 10.2. The molecule has 5 nitrogen and oxygen atoms in total. The predicted molar refractivity (Wildman–Crippen MR) is 96.4 cm³/mol. The number of rotatable bonds is 5. The fourth-order valence-electron chi connectivity index (χ4n) is 2.03. The van der Waals surface area contributed by atoms with Crippen LogP contribution in [0.25, 0.3) is 0 Å². The summed E-state index contributed by atoms with van der Waals surface area (Å²) in [5, 5.41) is 12.2. The number of carbonyl (C=O) groups is 1. The van der Waals surface area contributed by atoms with Crippen LogP contribution in [0.3, 0.4) is 0 Å². The third kappa shape index (κ3) is 5.30. The zero-order valence-electron chi connectivity index (χ0n) is 12.8. The highest BCUT2D eigenvalue weighted by Gasteiger charge is 2.14. The van der Waals surface area contributed by atoms with E-state index in [-0.39, 0.29) is 11.0 Å². The van der Waals surface area contributed by atoms with Gasteiger partial charge in [0.25, 0.3) is 5.91 Å². The average Bonchev–Trinajstić information content (AvgIpc) is 2.59. The van der Waals surface area contributed by atoms with Crippen molar-refractivity contribution >= 4 is 34.8 Å². The second kappa shape index (κ2) is 8.96. The lowest BCUT2D eigenvalue weighted by Gasteiger charge is -2.24. The van der Waals surface area contributed by atoms with Crippen LogP contribution in [-0.4, -0.2) is 27.4 Å².